The Labute approximate surface area is 82.0 Å². The molecule has 0 aliphatic rings. The summed E-state index contributed by atoms with van der Waals surface area (Å²) in [5, 5.41) is 15.6. The molecule has 0 aromatic heterocycles. The molecule has 0 radical (unpaired) electrons. The van der Waals surface area contributed by atoms with Crippen molar-refractivity contribution in [2.75, 3.05) is 0 Å². The molecule has 0 heterocycles. The van der Waals surface area contributed by atoms with Crippen LogP contribution in [0.2, 0.25) is 0 Å². The van der Waals surface area contributed by atoms with Crippen molar-refractivity contribution in [3.63, 3.8) is 0 Å². The number of carboxylic acids is 2. The highest BCUT2D eigenvalue weighted by Gasteiger charge is 1.88. The third-order valence-electron chi connectivity index (χ3n) is 1.16. The summed E-state index contributed by atoms with van der Waals surface area (Å²) in [5.41, 5.74) is 0. The molecule has 0 amide bonds. The molecule has 0 saturated carbocycles. The molecule has 0 bridgehead atoms. The molecule has 14 heavy (non-hydrogen) atoms. The van der Waals surface area contributed by atoms with Crippen LogP contribution in [0, 0.1) is 0 Å². The zero-order chi connectivity index (χ0) is 11.6. The summed E-state index contributed by atoms with van der Waals surface area (Å²) in [5.74, 6) is -2.17. The van der Waals surface area contributed by atoms with Gasteiger partial charge in [0.05, 0.1) is 0 Å². The Hall–Kier alpha value is -1.65. The van der Waals surface area contributed by atoms with Gasteiger partial charge < -0.3 is 10.2 Å². The van der Waals surface area contributed by atoms with E-state index in [1.165, 1.54) is 0 Å². The molecule has 2 N–H and O–H groups in total. The highest BCUT2D eigenvalue weighted by Crippen LogP contribution is 1.83. The normalized spacial score (nSPS) is 9.00. The second kappa shape index (κ2) is 9.44. The first-order valence-corrected chi connectivity index (χ1v) is 4.09. The van der Waals surface area contributed by atoms with Crippen LogP contribution < -0.4 is 0 Å². The highest BCUT2D eigenvalue weighted by molar-refractivity contribution is 5.89. The lowest BCUT2D eigenvalue weighted by molar-refractivity contribution is -0.134. The van der Waals surface area contributed by atoms with Gasteiger partial charge in [-0.05, 0) is 0 Å². The fourth-order valence-electron chi connectivity index (χ4n) is 0.393. The van der Waals surface area contributed by atoms with E-state index in [1.54, 1.807) is 0 Å². The van der Waals surface area contributed by atoms with Crippen molar-refractivity contribution >= 4 is 17.7 Å². The van der Waals surface area contributed by atoms with Crippen LogP contribution in [0.15, 0.2) is 12.2 Å². The van der Waals surface area contributed by atoms with Crippen molar-refractivity contribution in [2.45, 2.75) is 26.7 Å². The van der Waals surface area contributed by atoms with Crippen molar-refractivity contribution in [2.24, 2.45) is 0 Å². The summed E-state index contributed by atoms with van der Waals surface area (Å²) in [4.78, 5) is 29.3. The monoisotopic (exact) mass is 202 g/mol. The Balaban J connectivity index is 0. The standard InChI is InChI=1S/C5H10O.C4H4O4/c1-3-5(6)4-2;5-3(6)1-2-4(7)8/h3-4H2,1-2H3;1-2H,(H,5,6)(H,7,8)/b;2-1-. The van der Waals surface area contributed by atoms with Gasteiger partial charge in [-0.3, -0.25) is 4.79 Å². The lowest BCUT2D eigenvalue weighted by atomic mass is 10.3. The van der Waals surface area contributed by atoms with Crippen LogP contribution in [0.25, 0.3) is 0 Å². The van der Waals surface area contributed by atoms with E-state index in [9.17, 15) is 14.4 Å². The van der Waals surface area contributed by atoms with Crippen LogP contribution in [0.5, 0.6) is 0 Å². The van der Waals surface area contributed by atoms with Crippen molar-refractivity contribution < 1.29 is 24.6 Å². The topological polar surface area (TPSA) is 91.7 Å². The Morgan fingerprint density at radius 2 is 1.21 bits per heavy atom. The molecule has 80 valence electrons. The summed E-state index contributed by atoms with van der Waals surface area (Å²) in [7, 11) is 0. The number of carbonyl (C=O) groups excluding carboxylic acids is 1. The van der Waals surface area contributed by atoms with Gasteiger partial charge in [0.25, 0.3) is 0 Å². The minimum atomic E-state index is -1.26. The van der Waals surface area contributed by atoms with Gasteiger partial charge in [-0.25, -0.2) is 9.59 Å². The van der Waals surface area contributed by atoms with Gasteiger partial charge in [0.1, 0.15) is 5.78 Å². The number of hydrogen-bond donors (Lipinski definition) is 2. The molecule has 5 nitrogen and oxygen atoms in total. The van der Waals surface area contributed by atoms with Gasteiger partial charge in [0.2, 0.25) is 0 Å². The largest absolute Gasteiger partial charge is 0.478 e. The lowest BCUT2D eigenvalue weighted by Crippen LogP contribution is -1.91. The van der Waals surface area contributed by atoms with E-state index < -0.39 is 11.9 Å². The van der Waals surface area contributed by atoms with Gasteiger partial charge in [0.15, 0.2) is 0 Å². The van der Waals surface area contributed by atoms with Crippen LogP contribution in [-0.4, -0.2) is 27.9 Å². The Kier molecular flexibility index (Phi) is 10.0. The number of carboxylic acid groups (broad SMARTS) is 2. The van der Waals surface area contributed by atoms with E-state index >= 15 is 0 Å². The minimum Gasteiger partial charge on any atom is -0.478 e. The number of rotatable bonds is 4. The van der Waals surface area contributed by atoms with Gasteiger partial charge in [-0.1, -0.05) is 13.8 Å². The zero-order valence-corrected chi connectivity index (χ0v) is 8.19. The van der Waals surface area contributed by atoms with Crippen molar-refractivity contribution in [3.05, 3.63) is 12.2 Å². The molecule has 0 aliphatic heterocycles. The van der Waals surface area contributed by atoms with Crippen LogP contribution in [0.3, 0.4) is 0 Å². The third-order valence-corrected chi connectivity index (χ3v) is 1.16. The van der Waals surface area contributed by atoms with Crippen molar-refractivity contribution in [1.29, 1.82) is 0 Å². The third kappa shape index (κ3) is 16.7. The maximum atomic E-state index is 10.2. The van der Waals surface area contributed by atoms with Crippen molar-refractivity contribution in [1.82, 2.24) is 0 Å². The first kappa shape index (κ1) is 14.9. The second-order valence-electron chi connectivity index (χ2n) is 2.26. The molecule has 0 spiro atoms. The van der Waals surface area contributed by atoms with Crippen LogP contribution >= 0.6 is 0 Å². The smallest absolute Gasteiger partial charge is 0.328 e. The first-order valence-electron chi connectivity index (χ1n) is 4.09. The van der Waals surface area contributed by atoms with Crippen LogP contribution in [0.1, 0.15) is 26.7 Å². The second-order valence-corrected chi connectivity index (χ2v) is 2.26. The van der Waals surface area contributed by atoms with E-state index in [0.29, 0.717) is 30.8 Å². The molecule has 0 fully saturated rings. The summed E-state index contributed by atoms with van der Waals surface area (Å²) in [6.45, 7) is 3.76. The molecule has 0 unspecified atom stereocenters. The van der Waals surface area contributed by atoms with Gasteiger partial charge in [-0.2, -0.15) is 0 Å². The average molecular weight is 202 g/mol. The fraction of sp³-hybridized carbons (Fsp3) is 0.444. The summed E-state index contributed by atoms with van der Waals surface area (Å²) in [6, 6.07) is 0. The first-order chi connectivity index (χ1) is 6.43. The van der Waals surface area contributed by atoms with Gasteiger partial charge in [0, 0.05) is 25.0 Å². The summed E-state index contributed by atoms with van der Waals surface area (Å²) >= 11 is 0. The number of hydrogen-bond acceptors (Lipinski definition) is 3. The number of carbonyl (C=O) groups is 3. The maximum absolute atomic E-state index is 10.2. The van der Waals surface area contributed by atoms with Crippen LogP contribution in [0.4, 0.5) is 0 Å². The van der Waals surface area contributed by atoms with Gasteiger partial charge in [-0.15, -0.1) is 0 Å². The predicted octanol–water partition coefficient (Wildman–Crippen LogP) is 1.09. The number of aliphatic carboxylic acids is 2. The quantitative estimate of drug-likeness (QED) is 0.665. The van der Waals surface area contributed by atoms with Gasteiger partial charge >= 0.3 is 11.9 Å². The summed E-state index contributed by atoms with van der Waals surface area (Å²) < 4.78 is 0. The number of Topliss-reactive ketones (excluding diaryl/α,β-unsaturated/α-hetero) is 1. The predicted molar refractivity (Wildman–Crippen MR) is 50.0 cm³/mol. The van der Waals surface area contributed by atoms with Crippen LogP contribution in [-0.2, 0) is 14.4 Å². The number of ketones is 1. The molecular formula is C9H14O5. The zero-order valence-electron chi connectivity index (χ0n) is 8.19. The molecule has 0 atom stereocenters. The van der Waals surface area contributed by atoms with Crippen molar-refractivity contribution in [3.8, 4) is 0 Å². The Bertz CT molecular complexity index is 207. The highest BCUT2D eigenvalue weighted by atomic mass is 16.4. The minimum absolute atomic E-state index is 0.343. The maximum Gasteiger partial charge on any atom is 0.328 e. The molecule has 0 aromatic rings. The Morgan fingerprint density at radius 1 is 0.929 bits per heavy atom. The molecule has 0 aliphatic carbocycles. The molecule has 5 heteroatoms. The van der Waals surface area contributed by atoms with E-state index in [-0.39, 0.29) is 0 Å². The molecular weight excluding hydrogens is 188 g/mol. The van der Waals surface area contributed by atoms with E-state index in [4.69, 9.17) is 10.2 Å². The Morgan fingerprint density at radius 3 is 1.29 bits per heavy atom. The van der Waals surface area contributed by atoms with E-state index in [0.717, 1.165) is 0 Å². The molecule has 0 aromatic carbocycles. The van der Waals surface area contributed by atoms with E-state index in [2.05, 4.69) is 0 Å². The average Bonchev–Trinajstić information content (AvgIpc) is 2.14. The van der Waals surface area contributed by atoms with E-state index in [1.807, 2.05) is 13.8 Å². The lowest BCUT2D eigenvalue weighted by Gasteiger charge is -1.81. The molecule has 0 saturated heterocycles. The molecule has 0 rings (SSSR count). The fourth-order valence-corrected chi connectivity index (χ4v) is 0.393. The SMILES string of the molecule is CCC(=O)CC.O=C(O)/C=C\C(=O)O. The summed E-state index contributed by atoms with van der Waals surface area (Å²) in [6.07, 6.45) is 2.50.